The lowest BCUT2D eigenvalue weighted by atomic mass is 10.1. The lowest BCUT2D eigenvalue weighted by Gasteiger charge is -2.00. The van der Waals surface area contributed by atoms with Crippen LogP contribution in [0.3, 0.4) is 0 Å². The van der Waals surface area contributed by atoms with E-state index in [0.29, 0.717) is 6.42 Å². The molecule has 0 fully saturated rings. The van der Waals surface area contributed by atoms with Crippen LogP contribution in [0.5, 0.6) is 0 Å². The number of rotatable bonds is 31. The van der Waals surface area contributed by atoms with E-state index in [2.05, 4.69) is 74.6 Å². The highest BCUT2D eigenvalue weighted by Crippen LogP contribution is 2.11. The van der Waals surface area contributed by atoms with Gasteiger partial charge in [-0.25, -0.2) is 0 Å². The normalized spacial score (nSPS) is 11.9. The molecular formula is C40H70O4. The number of hydrogen-bond acceptors (Lipinski definition) is 2. The maximum Gasteiger partial charge on any atom is 0.303 e. The molecule has 0 aromatic heterocycles. The predicted octanol–water partition coefficient (Wildman–Crippen LogP) is 13.1. The molecule has 0 aromatic carbocycles. The lowest BCUT2D eigenvalue weighted by molar-refractivity contribution is -0.138. The summed E-state index contributed by atoms with van der Waals surface area (Å²) in [4.78, 5) is 20.7. The molecule has 254 valence electrons. The molecule has 0 saturated heterocycles. The number of allylic oxidation sites excluding steroid dienone is 10. The summed E-state index contributed by atoms with van der Waals surface area (Å²) in [6.45, 7) is 4.50. The minimum Gasteiger partial charge on any atom is -0.481 e. The Balaban J connectivity index is 0. The molecule has 0 aliphatic carbocycles. The first-order chi connectivity index (χ1) is 21.5. The first-order valence-corrected chi connectivity index (χ1v) is 18.2. The molecule has 2 N–H and O–H groups in total. The van der Waals surface area contributed by atoms with Gasteiger partial charge in [0, 0.05) is 12.8 Å². The van der Waals surface area contributed by atoms with Gasteiger partial charge in [-0.1, -0.05) is 152 Å². The second kappa shape index (κ2) is 40.6. The van der Waals surface area contributed by atoms with Crippen LogP contribution in [-0.2, 0) is 9.59 Å². The third-order valence-electron chi connectivity index (χ3n) is 7.37. The van der Waals surface area contributed by atoms with Gasteiger partial charge < -0.3 is 10.2 Å². The van der Waals surface area contributed by atoms with Gasteiger partial charge in [0.05, 0.1) is 0 Å². The average molecular weight is 615 g/mol. The molecule has 0 atom stereocenters. The van der Waals surface area contributed by atoms with E-state index in [1.807, 2.05) is 0 Å². The first kappa shape index (κ1) is 43.8. The van der Waals surface area contributed by atoms with Crippen molar-refractivity contribution in [2.24, 2.45) is 0 Å². The fourth-order valence-electron chi connectivity index (χ4n) is 4.63. The molecule has 4 nitrogen and oxygen atoms in total. The Morgan fingerprint density at radius 1 is 0.364 bits per heavy atom. The Kier molecular flexibility index (Phi) is 40.4. The van der Waals surface area contributed by atoms with E-state index in [4.69, 9.17) is 10.2 Å². The van der Waals surface area contributed by atoms with Crippen LogP contribution in [0.15, 0.2) is 60.8 Å². The summed E-state index contributed by atoms with van der Waals surface area (Å²) in [6, 6.07) is 0. The summed E-state index contributed by atoms with van der Waals surface area (Å²) in [6.07, 6.45) is 51.5. The highest BCUT2D eigenvalue weighted by molar-refractivity contribution is 5.66. The van der Waals surface area contributed by atoms with Gasteiger partial charge in [-0.2, -0.15) is 0 Å². The SMILES string of the molecule is CCCCCC=CCC=CCC=CCC=CCCCC(=O)O.CCCCCCCCCCC=CCCCCCCCC(=O)O. The summed E-state index contributed by atoms with van der Waals surface area (Å²) in [7, 11) is 0. The molecule has 44 heavy (non-hydrogen) atoms. The summed E-state index contributed by atoms with van der Waals surface area (Å²) in [5.74, 6) is -1.38. The van der Waals surface area contributed by atoms with E-state index < -0.39 is 11.9 Å². The van der Waals surface area contributed by atoms with Crippen LogP contribution in [0, 0.1) is 0 Å². The summed E-state index contributed by atoms with van der Waals surface area (Å²) in [5, 5.41) is 17.0. The number of carboxylic acid groups (broad SMARTS) is 2. The van der Waals surface area contributed by atoms with E-state index in [1.165, 1.54) is 109 Å². The summed E-state index contributed by atoms with van der Waals surface area (Å²) < 4.78 is 0. The molecule has 0 spiro atoms. The fraction of sp³-hybridized carbons (Fsp3) is 0.700. The minimum absolute atomic E-state index is 0.262. The zero-order valence-corrected chi connectivity index (χ0v) is 28.9. The Morgan fingerprint density at radius 3 is 1.07 bits per heavy atom. The number of carboxylic acids is 2. The molecule has 0 bridgehead atoms. The van der Waals surface area contributed by atoms with Gasteiger partial charge in [-0.15, -0.1) is 0 Å². The first-order valence-electron chi connectivity index (χ1n) is 18.2. The molecular weight excluding hydrogens is 544 g/mol. The number of hydrogen-bond donors (Lipinski definition) is 2. The number of carbonyl (C=O) groups is 2. The Hall–Kier alpha value is -2.36. The van der Waals surface area contributed by atoms with E-state index in [9.17, 15) is 9.59 Å². The fourth-order valence-corrected chi connectivity index (χ4v) is 4.63. The quantitative estimate of drug-likeness (QED) is 0.0601. The van der Waals surface area contributed by atoms with Crippen LogP contribution < -0.4 is 0 Å². The Bertz CT molecular complexity index is 744. The molecule has 0 saturated carbocycles. The van der Waals surface area contributed by atoms with Gasteiger partial charge in [0.25, 0.3) is 0 Å². The largest absolute Gasteiger partial charge is 0.481 e. The second-order valence-corrected chi connectivity index (χ2v) is 11.8. The van der Waals surface area contributed by atoms with Crippen molar-refractivity contribution in [3.8, 4) is 0 Å². The van der Waals surface area contributed by atoms with Crippen molar-refractivity contribution in [2.75, 3.05) is 0 Å². The van der Waals surface area contributed by atoms with Crippen LogP contribution in [0.2, 0.25) is 0 Å². The van der Waals surface area contributed by atoms with Crippen LogP contribution >= 0.6 is 0 Å². The number of aliphatic carboxylic acids is 2. The second-order valence-electron chi connectivity index (χ2n) is 11.8. The van der Waals surface area contributed by atoms with Gasteiger partial charge in [-0.3, -0.25) is 9.59 Å². The smallest absolute Gasteiger partial charge is 0.303 e. The Labute approximate surface area is 272 Å². The van der Waals surface area contributed by atoms with Crippen molar-refractivity contribution < 1.29 is 19.8 Å². The van der Waals surface area contributed by atoms with Gasteiger partial charge in [-0.05, 0) is 77.0 Å². The van der Waals surface area contributed by atoms with Crippen molar-refractivity contribution in [3.63, 3.8) is 0 Å². The number of unbranched alkanes of at least 4 members (excludes halogenated alkanes) is 17. The molecule has 0 rings (SSSR count). The van der Waals surface area contributed by atoms with Crippen molar-refractivity contribution in [3.05, 3.63) is 60.8 Å². The standard InChI is InChI=1S/C20H38O2.C20H32O2/c2*1-2-3-4-5-6-7-8-9-10-11-12-13-14-15-16-17-18-19-20(21)22/h11-12H,2-10,13-19H2,1H3,(H,21,22);6-7,9-10,12-13,15-16H,2-5,8,11,14,17-19H2,1H3,(H,21,22). The lowest BCUT2D eigenvalue weighted by Crippen LogP contribution is -1.93. The molecule has 0 aliphatic rings. The predicted molar refractivity (Wildman–Crippen MR) is 192 cm³/mol. The monoisotopic (exact) mass is 615 g/mol. The summed E-state index contributed by atoms with van der Waals surface area (Å²) in [5.41, 5.74) is 0. The highest BCUT2D eigenvalue weighted by atomic mass is 16.4. The molecule has 4 heteroatoms. The van der Waals surface area contributed by atoms with E-state index in [1.54, 1.807) is 0 Å². The zero-order chi connectivity index (χ0) is 32.6. The highest BCUT2D eigenvalue weighted by Gasteiger charge is 1.96. The van der Waals surface area contributed by atoms with Gasteiger partial charge in [0.2, 0.25) is 0 Å². The van der Waals surface area contributed by atoms with Crippen molar-refractivity contribution in [2.45, 2.75) is 181 Å². The van der Waals surface area contributed by atoms with Gasteiger partial charge in [0.15, 0.2) is 0 Å². The Morgan fingerprint density at radius 2 is 0.636 bits per heavy atom. The van der Waals surface area contributed by atoms with Crippen molar-refractivity contribution in [1.29, 1.82) is 0 Å². The molecule has 0 aromatic rings. The third-order valence-corrected chi connectivity index (χ3v) is 7.37. The molecule has 0 radical (unpaired) electrons. The third kappa shape index (κ3) is 46.6. The zero-order valence-electron chi connectivity index (χ0n) is 28.9. The van der Waals surface area contributed by atoms with Crippen molar-refractivity contribution >= 4 is 11.9 Å². The topological polar surface area (TPSA) is 74.6 Å². The summed E-state index contributed by atoms with van der Waals surface area (Å²) >= 11 is 0. The maximum absolute atomic E-state index is 10.4. The average Bonchev–Trinajstić information content (AvgIpc) is 3.00. The molecule has 0 heterocycles. The van der Waals surface area contributed by atoms with Crippen LogP contribution in [0.1, 0.15) is 181 Å². The van der Waals surface area contributed by atoms with Crippen LogP contribution in [0.4, 0.5) is 0 Å². The maximum atomic E-state index is 10.4. The molecule has 0 unspecified atom stereocenters. The van der Waals surface area contributed by atoms with E-state index in [-0.39, 0.29) is 6.42 Å². The molecule has 0 aliphatic heterocycles. The van der Waals surface area contributed by atoms with E-state index >= 15 is 0 Å². The van der Waals surface area contributed by atoms with Gasteiger partial charge in [0.1, 0.15) is 0 Å². The minimum atomic E-state index is -0.712. The van der Waals surface area contributed by atoms with Crippen LogP contribution in [-0.4, -0.2) is 22.2 Å². The molecule has 0 amide bonds. The van der Waals surface area contributed by atoms with Crippen LogP contribution in [0.25, 0.3) is 0 Å². The van der Waals surface area contributed by atoms with Gasteiger partial charge >= 0.3 is 11.9 Å². The van der Waals surface area contributed by atoms with Crippen molar-refractivity contribution in [1.82, 2.24) is 0 Å². The van der Waals surface area contributed by atoms with E-state index in [0.717, 1.165) is 44.9 Å².